The van der Waals surface area contributed by atoms with Crippen LogP contribution in [0.2, 0.25) is 0 Å². The molecular formula is C13H21N3O3. The van der Waals surface area contributed by atoms with Crippen LogP contribution >= 0.6 is 0 Å². The summed E-state index contributed by atoms with van der Waals surface area (Å²) in [5.74, 6) is 0.773. The molecule has 0 saturated carbocycles. The minimum absolute atomic E-state index is 0.0640. The minimum Gasteiger partial charge on any atom is -0.497 e. The highest BCUT2D eigenvalue weighted by Crippen LogP contribution is 2.26. The molecule has 1 atom stereocenters. The lowest BCUT2D eigenvalue weighted by molar-refractivity contribution is 0.183. The normalized spacial score (nSPS) is 13.2. The van der Waals surface area contributed by atoms with E-state index in [1.807, 2.05) is 24.9 Å². The van der Waals surface area contributed by atoms with Gasteiger partial charge >= 0.3 is 0 Å². The number of nitrogens with two attached hydrogens (primary N) is 1. The van der Waals surface area contributed by atoms with Crippen molar-refractivity contribution in [1.29, 1.82) is 0 Å². The molecule has 1 aromatic carbocycles. The third-order valence-electron chi connectivity index (χ3n) is 3.04. The van der Waals surface area contributed by atoms with Gasteiger partial charge in [-0.1, -0.05) is 5.16 Å². The number of benzene rings is 1. The van der Waals surface area contributed by atoms with Crippen LogP contribution in [-0.4, -0.2) is 45.0 Å². The van der Waals surface area contributed by atoms with E-state index in [2.05, 4.69) is 5.16 Å². The third kappa shape index (κ3) is 3.51. The van der Waals surface area contributed by atoms with Gasteiger partial charge in [-0.05, 0) is 19.1 Å². The molecular weight excluding hydrogens is 246 g/mol. The molecule has 0 aliphatic carbocycles. The highest BCUT2D eigenvalue weighted by molar-refractivity contribution is 6.02. The third-order valence-corrected chi connectivity index (χ3v) is 3.04. The molecule has 0 bridgehead atoms. The van der Waals surface area contributed by atoms with Gasteiger partial charge < -0.3 is 25.3 Å². The summed E-state index contributed by atoms with van der Waals surface area (Å²) < 4.78 is 10.4. The first-order chi connectivity index (χ1) is 9.04. The smallest absolute Gasteiger partial charge is 0.172 e. The predicted octanol–water partition coefficient (Wildman–Crippen LogP) is 1.26. The van der Waals surface area contributed by atoms with Crippen LogP contribution in [0.5, 0.6) is 5.75 Å². The molecule has 0 saturated heterocycles. The zero-order valence-corrected chi connectivity index (χ0v) is 11.8. The number of oxime groups is 1. The van der Waals surface area contributed by atoms with Crippen molar-refractivity contribution in [3.63, 3.8) is 0 Å². The van der Waals surface area contributed by atoms with Gasteiger partial charge in [-0.3, -0.25) is 0 Å². The van der Waals surface area contributed by atoms with Crippen LogP contribution in [-0.2, 0) is 4.74 Å². The van der Waals surface area contributed by atoms with Crippen molar-refractivity contribution in [2.75, 3.05) is 32.8 Å². The zero-order chi connectivity index (χ0) is 14.4. The van der Waals surface area contributed by atoms with E-state index in [1.54, 1.807) is 26.4 Å². The molecule has 0 aromatic heterocycles. The molecule has 0 aliphatic rings. The van der Waals surface area contributed by atoms with Crippen molar-refractivity contribution >= 4 is 11.5 Å². The Bertz CT molecular complexity index is 449. The number of ether oxygens (including phenoxy) is 2. The number of nitrogens with zero attached hydrogens (tertiary/aromatic N) is 2. The number of anilines is 1. The first-order valence-electron chi connectivity index (χ1n) is 5.92. The summed E-state index contributed by atoms with van der Waals surface area (Å²) in [7, 11) is 5.17. The highest BCUT2D eigenvalue weighted by Gasteiger charge is 2.16. The lowest BCUT2D eigenvalue weighted by Gasteiger charge is -2.28. The Balaban J connectivity index is 3.20. The fourth-order valence-corrected chi connectivity index (χ4v) is 1.79. The second kappa shape index (κ2) is 6.84. The molecule has 0 heterocycles. The van der Waals surface area contributed by atoms with Crippen LogP contribution in [0.4, 0.5) is 5.69 Å². The van der Waals surface area contributed by atoms with Crippen molar-refractivity contribution < 1.29 is 14.7 Å². The predicted molar refractivity (Wildman–Crippen MR) is 75.2 cm³/mol. The van der Waals surface area contributed by atoms with Crippen molar-refractivity contribution in [2.45, 2.75) is 13.0 Å². The van der Waals surface area contributed by atoms with E-state index in [0.29, 0.717) is 17.9 Å². The quantitative estimate of drug-likeness (QED) is 0.351. The van der Waals surface area contributed by atoms with Crippen LogP contribution in [0, 0.1) is 0 Å². The molecule has 0 radical (unpaired) electrons. The van der Waals surface area contributed by atoms with Crippen LogP contribution < -0.4 is 15.4 Å². The largest absolute Gasteiger partial charge is 0.497 e. The minimum atomic E-state index is 0.0640. The number of likely N-dealkylation sites (N-methyl/N-ethyl adjacent to an activating group) is 1. The maximum absolute atomic E-state index is 8.85. The number of methoxy groups -OCH3 is 2. The maximum atomic E-state index is 8.85. The van der Waals surface area contributed by atoms with Crippen LogP contribution in [0.3, 0.4) is 0 Å². The molecule has 1 unspecified atom stereocenters. The van der Waals surface area contributed by atoms with E-state index in [1.165, 1.54) is 0 Å². The SMILES string of the molecule is COCC(C)N(C)c1cc(OC)ccc1/C(N)=N/O. The van der Waals surface area contributed by atoms with Crippen LogP contribution in [0.1, 0.15) is 12.5 Å². The molecule has 1 aromatic rings. The summed E-state index contributed by atoms with van der Waals surface area (Å²) in [6, 6.07) is 5.52. The monoisotopic (exact) mass is 267 g/mol. The molecule has 0 fully saturated rings. The van der Waals surface area contributed by atoms with E-state index in [9.17, 15) is 0 Å². The van der Waals surface area contributed by atoms with Crippen molar-refractivity contribution in [2.24, 2.45) is 10.9 Å². The molecule has 106 valence electrons. The lowest BCUT2D eigenvalue weighted by Crippen LogP contribution is -2.34. The number of amidine groups is 1. The number of hydrogen-bond acceptors (Lipinski definition) is 5. The standard InChI is InChI=1S/C13H21N3O3/c1-9(8-18-3)16(2)12-7-10(19-4)5-6-11(12)13(14)15-17/h5-7,9,17H,8H2,1-4H3,(H2,14,15). The van der Waals surface area contributed by atoms with E-state index < -0.39 is 0 Å². The second-order valence-electron chi connectivity index (χ2n) is 4.28. The van der Waals surface area contributed by atoms with E-state index in [-0.39, 0.29) is 11.9 Å². The Labute approximate surface area is 113 Å². The first kappa shape index (κ1) is 15.1. The average Bonchev–Trinajstić information content (AvgIpc) is 2.45. The van der Waals surface area contributed by atoms with Gasteiger partial charge in [0.1, 0.15) is 5.75 Å². The fraction of sp³-hybridized carbons (Fsp3) is 0.462. The van der Waals surface area contributed by atoms with Crippen LogP contribution in [0.15, 0.2) is 23.4 Å². The second-order valence-corrected chi connectivity index (χ2v) is 4.28. The summed E-state index contributed by atoms with van der Waals surface area (Å²) in [6.45, 7) is 2.60. The molecule has 0 amide bonds. The Morgan fingerprint density at radius 2 is 2.16 bits per heavy atom. The highest BCUT2D eigenvalue weighted by atomic mass is 16.5. The Kier molecular flexibility index (Phi) is 5.44. The van der Waals surface area contributed by atoms with Crippen LogP contribution in [0.25, 0.3) is 0 Å². The summed E-state index contributed by atoms with van der Waals surface area (Å²) in [4.78, 5) is 2.00. The number of rotatable bonds is 6. The van der Waals surface area contributed by atoms with Gasteiger partial charge in [0.2, 0.25) is 0 Å². The Hall–Kier alpha value is -1.95. The van der Waals surface area contributed by atoms with Gasteiger partial charge in [-0.2, -0.15) is 0 Å². The summed E-state index contributed by atoms with van der Waals surface area (Å²) >= 11 is 0. The molecule has 6 heteroatoms. The van der Waals surface area contributed by atoms with E-state index >= 15 is 0 Å². The topological polar surface area (TPSA) is 80.3 Å². The van der Waals surface area contributed by atoms with Crippen molar-refractivity contribution in [1.82, 2.24) is 0 Å². The van der Waals surface area contributed by atoms with Gasteiger partial charge in [0.05, 0.1) is 19.4 Å². The first-order valence-corrected chi connectivity index (χ1v) is 5.92. The van der Waals surface area contributed by atoms with E-state index in [4.69, 9.17) is 20.4 Å². The molecule has 3 N–H and O–H groups in total. The van der Waals surface area contributed by atoms with Gasteiger partial charge in [-0.25, -0.2) is 0 Å². The summed E-state index contributed by atoms with van der Waals surface area (Å²) in [6.07, 6.45) is 0. The molecule has 0 aliphatic heterocycles. The molecule has 6 nitrogen and oxygen atoms in total. The van der Waals surface area contributed by atoms with Crippen molar-refractivity contribution in [3.8, 4) is 5.75 Å². The Morgan fingerprint density at radius 3 is 2.68 bits per heavy atom. The van der Waals surface area contributed by atoms with E-state index in [0.717, 1.165) is 5.69 Å². The molecule has 19 heavy (non-hydrogen) atoms. The van der Waals surface area contributed by atoms with Crippen molar-refractivity contribution in [3.05, 3.63) is 23.8 Å². The van der Waals surface area contributed by atoms with Gasteiger partial charge in [-0.15, -0.1) is 0 Å². The number of hydrogen-bond donors (Lipinski definition) is 2. The summed E-state index contributed by atoms with van der Waals surface area (Å²) in [5.41, 5.74) is 7.17. The average molecular weight is 267 g/mol. The van der Waals surface area contributed by atoms with Gasteiger partial charge in [0.25, 0.3) is 0 Å². The molecule has 1 rings (SSSR count). The van der Waals surface area contributed by atoms with Gasteiger partial charge in [0, 0.05) is 31.8 Å². The summed E-state index contributed by atoms with van der Waals surface area (Å²) in [5, 5.41) is 11.9. The van der Waals surface area contributed by atoms with Gasteiger partial charge in [0.15, 0.2) is 5.84 Å². The Morgan fingerprint density at radius 1 is 1.47 bits per heavy atom. The maximum Gasteiger partial charge on any atom is 0.172 e. The molecule has 0 spiro atoms. The zero-order valence-electron chi connectivity index (χ0n) is 11.8. The fourth-order valence-electron chi connectivity index (χ4n) is 1.79. The lowest BCUT2D eigenvalue weighted by atomic mass is 10.1.